The maximum absolute atomic E-state index is 10.1. The first-order valence-corrected chi connectivity index (χ1v) is 11.9. The van der Waals surface area contributed by atoms with Gasteiger partial charge < -0.3 is 46.7 Å². The highest BCUT2D eigenvalue weighted by atomic mass is 16.3. The van der Waals surface area contributed by atoms with E-state index in [-0.39, 0.29) is 20.6 Å². The third-order valence-electron chi connectivity index (χ3n) is 6.98. The molecule has 208 valence electrons. The smallest absolute Gasteiger partial charge is 0.151 e. The summed E-state index contributed by atoms with van der Waals surface area (Å²) in [5.41, 5.74) is 15.8. The molecule has 2 aliphatic carbocycles. The molecule has 0 aliphatic heterocycles. The normalized spacial score (nSPS) is 26.2. The van der Waals surface area contributed by atoms with E-state index < -0.39 is 36.3 Å². The average molecular weight is 540 g/mol. The zero-order chi connectivity index (χ0) is 27.1. The Balaban J connectivity index is 0.000000176. The molecule has 0 radical (unpaired) electrons. The molecule has 3 heterocycles. The molecule has 0 amide bonds. The van der Waals surface area contributed by atoms with Crippen LogP contribution in [0.5, 0.6) is 0 Å². The zero-order valence-electron chi connectivity index (χ0n) is 20.1. The zero-order valence-corrected chi connectivity index (χ0v) is 20.1. The van der Waals surface area contributed by atoms with Crippen molar-refractivity contribution in [2.75, 3.05) is 24.7 Å². The summed E-state index contributed by atoms with van der Waals surface area (Å²) in [6.07, 6.45) is 3.81. The SMILES string of the molecule is C.Nc1cccc2c1ncn2C1=C[C@H](CO)[C@@H](O)[C@H]1O.Nc1nccc2c1ncn2C1=C[C@@H](CO)[C@H](O)[C@@H]1O. The van der Waals surface area contributed by atoms with Crippen molar-refractivity contribution in [1.29, 1.82) is 0 Å². The minimum Gasteiger partial charge on any atom is -0.397 e. The Labute approximate surface area is 223 Å². The van der Waals surface area contributed by atoms with Gasteiger partial charge >= 0.3 is 0 Å². The number of hydrogen-bond acceptors (Lipinski definition) is 11. The van der Waals surface area contributed by atoms with Gasteiger partial charge in [0.25, 0.3) is 0 Å². The van der Waals surface area contributed by atoms with Gasteiger partial charge in [0.2, 0.25) is 0 Å². The summed E-state index contributed by atoms with van der Waals surface area (Å²) in [5.74, 6) is -0.645. The Kier molecular flexibility index (Phi) is 8.02. The fraction of sp³-hybridized carbons (Fsp3) is 0.346. The highest BCUT2D eigenvalue weighted by Crippen LogP contribution is 2.33. The summed E-state index contributed by atoms with van der Waals surface area (Å²) in [6.45, 7) is -0.436. The first kappa shape index (κ1) is 28.2. The van der Waals surface area contributed by atoms with E-state index in [0.717, 1.165) is 5.52 Å². The maximum atomic E-state index is 10.1. The summed E-state index contributed by atoms with van der Waals surface area (Å²) in [6, 6.07) is 7.12. The molecule has 0 saturated heterocycles. The molecule has 1 aromatic carbocycles. The van der Waals surface area contributed by atoms with Gasteiger partial charge in [0.05, 0.1) is 53.5 Å². The average Bonchev–Trinajstić information content (AvgIpc) is 3.67. The minimum absolute atomic E-state index is 0. The monoisotopic (exact) mass is 539 g/mol. The molecule has 6 atom stereocenters. The lowest BCUT2D eigenvalue weighted by Gasteiger charge is -2.16. The van der Waals surface area contributed by atoms with Crippen LogP contribution in [0.4, 0.5) is 11.5 Å². The number of aliphatic hydroxyl groups excluding tert-OH is 6. The van der Waals surface area contributed by atoms with Crippen molar-refractivity contribution in [3.63, 3.8) is 0 Å². The van der Waals surface area contributed by atoms with Gasteiger partial charge in [0, 0.05) is 18.0 Å². The van der Waals surface area contributed by atoms with Crippen LogP contribution < -0.4 is 11.5 Å². The molecule has 0 saturated carbocycles. The molecule has 39 heavy (non-hydrogen) atoms. The van der Waals surface area contributed by atoms with E-state index in [1.807, 2.05) is 6.07 Å². The van der Waals surface area contributed by atoms with Crippen LogP contribution in [0, 0.1) is 11.8 Å². The van der Waals surface area contributed by atoms with Gasteiger partial charge in [-0.3, -0.25) is 4.57 Å². The van der Waals surface area contributed by atoms with E-state index in [9.17, 15) is 20.4 Å². The van der Waals surface area contributed by atoms with Crippen molar-refractivity contribution in [3.05, 3.63) is 55.3 Å². The highest BCUT2D eigenvalue weighted by molar-refractivity contribution is 5.89. The van der Waals surface area contributed by atoms with Gasteiger partial charge in [-0.1, -0.05) is 25.6 Å². The third kappa shape index (κ3) is 4.76. The number of anilines is 2. The Bertz CT molecular complexity index is 1420. The molecule has 0 unspecified atom stereocenters. The second-order valence-corrected chi connectivity index (χ2v) is 9.25. The van der Waals surface area contributed by atoms with Crippen LogP contribution in [-0.2, 0) is 0 Å². The molecule has 10 N–H and O–H groups in total. The van der Waals surface area contributed by atoms with E-state index in [2.05, 4.69) is 15.0 Å². The molecule has 3 aromatic heterocycles. The summed E-state index contributed by atoms with van der Waals surface area (Å²) in [7, 11) is 0. The number of pyridine rings is 1. The van der Waals surface area contributed by atoms with Crippen molar-refractivity contribution < 1.29 is 30.6 Å². The highest BCUT2D eigenvalue weighted by Gasteiger charge is 2.36. The molecular formula is C26H33N7O6. The first-order chi connectivity index (χ1) is 18.3. The van der Waals surface area contributed by atoms with Gasteiger partial charge in [0.15, 0.2) is 5.82 Å². The Hall–Kier alpha value is -3.85. The topological polar surface area (TPSA) is 222 Å². The number of fused-ring (bicyclic) bond motifs is 2. The summed E-state index contributed by atoms with van der Waals surface area (Å²) >= 11 is 0. The first-order valence-electron chi connectivity index (χ1n) is 11.9. The van der Waals surface area contributed by atoms with Crippen LogP contribution in [-0.4, -0.2) is 92.4 Å². The van der Waals surface area contributed by atoms with Crippen LogP contribution in [0.3, 0.4) is 0 Å². The lowest BCUT2D eigenvalue weighted by atomic mass is 10.1. The molecule has 13 heteroatoms. The second-order valence-electron chi connectivity index (χ2n) is 9.25. The Morgan fingerprint density at radius 1 is 0.718 bits per heavy atom. The van der Waals surface area contributed by atoms with Crippen molar-refractivity contribution in [2.24, 2.45) is 11.8 Å². The number of nitrogens with two attached hydrogens (primary N) is 2. The van der Waals surface area contributed by atoms with Crippen molar-refractivity contribution in [3.8, 4) is 0 Å². The van der Waals surface area contributed by atoms with Crippen LogP contribution in [0.25, 0.3) is 33.5 Å². The summed E-state index contributed by atoms with van der Waals surface area (Å²) in [5, 5.41) is 58.1. The number of hydrogen-bond donors (Lipinski definition) is 8. The number of nitrogens with zero attached hydrogens (tertiary/aromatic N) is 5. The van der Waals surface area contributed by atoms with Crippen molar-refractivity contribution in [2.45, 2.75) is 31.8 Å². The molecule has 4 aromatic rings. The van der Waals surface area contributed by atoms with Crippen LogP contribution >= 0.6 is 0 Å². The lowest BCUT2D eigenvalue weighted by Crippen LogP contribution is -2.30. The number of para-hydroxylation sites is 1. The van der Waals surface area contributed by atoms with E-state index in [0.29, 0.717) is 39.4 Å². The van der Waals surface area contributed by atoms with Gasteiger partial charge in [-0.05, 0) is 18.2 Å². The second kappa shape index (κ2) is 11.1. The molecule has 0 fully saturated rings. The summed E-state index contributed by atoms with van der Waals surface area (Å²) < 4.78 is 3.34. The maximum Gasteiger partial charge on any atom is 0.151 e. The fourth-order valence-electron chi connectivity index (χ4n) is 4.85. The fourth-order valence-corrected chi connectivity index (χ4v) is 4.85. The Morgan fingerprint density at radius 3 is 1.74 bits per heavy atom. The van der Waals surface area contributed by atoms with Gasteiger partial charge in [-0.2, -0.15) is 0 Å². The molecule has 2 aliphatic rings. The molecular weight excluding hydrogens is 506 g/mol. The largest absolute Gasteiger partial charge is 0.397 e. The number of rotatable bonds is 4. The molecule has 13 nitrogen and oxygen atoms in total. The van der Waals surface area contributed by atoms with Crippen molar-refractivity contribution >= 4 is 45.0 Å². The van der Waals surface area contributed by atoms with E-state index in [1.165, 1.54) is 6.33 Å². The van der Waals surface area contributed by atoms with Gasteiger partial charge in [-0.15, -0.1) is 0 Å². The quantitative estimate of drug-likeness (QED) is 0.156. The van der Waals surface area contributed by atoms with Crippen molar-refractivity contribution in [1.82, 2.24) is 24.1 Å². The number of benzene rings is 1. The van der Waals surface area contributed by atoms with Crippen LogP contribution in [0.2, 0.25) is 0 Å². The number of aromatic nitrogens is 5. The number of imidazole rings is 2. The standard InChI is InChI=1S/C13H15N3O3.C12H14N4O3.CH4/c14-8-2-1-3-9-11(8)15-6-16(9)10-4-7(5-17)12(18)13(10)19;13-12-9-7(1-2-14-12)16(5-15-9)8-3-6(4-17)10(18)11(8)19;/h1-4,6-7,12-13,17-19H,5,14H2;1-3,5-6,10-11,17-19H,4H2,(H2,13,14);1H4/t7-,12-,13+;6-,10-,11+;/m10./s1. The van der Waals surface area contributed by atoms with Crippen LogP contribution in [0.15, 0.2) is 55.3 Å². The predicted octanol–water partition coefficient (Wildman–Crippen LogP) is -0.362. The van der Waals surface area contributed by atoms with Crippen LogP contribution in [0.1, 0.15) is 7.43 Å². The van der Waals surface area contributed by atoms with E-state index >= 15 is 0 Å². The van der Waals surface area contributed by atoms with E-state index in [1.54, 1.807) is 52.0 Å². The summed E-state index contributed by atoms with van der Waals surface area (Å²) in [4.78, 5) is 12.3. The third-order valence-corrected chi connectivity index (χ3v) is 6.98. The molecule has 0 spiro atoms. The number of aliphatic hydroxyl groups is 6. The van der Waals surface area contributed by atoms with Gasteiger partial charge in [0.1, 0.15) is 35.9 Å². The molecule has 0 bridgehead atoms. The number of nitrogen functional groups attached to an aromatic ring is 2. The predicted molar refractivity (Wildman–Crippen MR) is 147 cm³/mol. The lowest BCUT2D eigenvalue weighted by molar-refractivity contribution is 0.0198. The van der Waals surface area contributed by atoms with Gasteiger partial charge in [-0.25, -0.2) is 15.0 Å². The minimum atomic E-state index is -1.07. The van der Waals surface area contributed by atoms with E-state index in [4.69, 9.17) is 21.7 Å². The Morgan fingerprint density at radius 2 is 1.23 bits per heavy atom. The molecule has 6 rings (SSSR count).